The van der Waals surface area contributed by atoms with Gasteiger partial charge in [0.25, 0.3) is 0 Å². The van der Waals surface area contributed by atoms with Crippen molar-refractivity contribution in [1.82, 2.24) is 10.6 Å². The molecule has 1 fully saturated rings. The average Bonchev–Trinajstić information content (AvgIpc) is 2.51. The number of hydrogen-bond acceptors (Lipinski definition) is 2. The summed E-state index contributed by atoms with van der Waals surface area (Å²) in [6.45, 7) is 4.76. The minimum absolute atomic E-state index is 0.0722. The van der Waals surface area contributed by atoms with Crippen LogP contribution in [0.5, 0.6) is 0 Å². The molecule has 0 radical (unpaired) electrons. The molecule has 3 nitrogen and oxygen atoms in total. The van der Waals surface area contributed by atoms with Gasteiger partial charge in [-0.2, -0.15) is 0 Å². The summed E-state index contributed by atoms with van der Waals surface area (Å²) in [7, 11) is 0. The minimum atomic E-state index is -0.166. The van der Waals surface area contributed by atoms with E-state index in [-0.39, 0.29) is 23.9 Å². The fraction of sp³-hybridized carbons (Fsp3) is 0.700. The first-order chi connectivity index (χ1) is 6.15. The number of terminal acetylenes is 1. The van der Waals surface area contributed by atoms with Crippen molar-refractivity contribution in [1.29, 1.82) is 0 Å². The number of amides is 1. The molecule has 1 saturated heterocycles. The number of hydrogen-bond donors (Lipinski definition) is 2. The van der Waals surface area contributed by atoms with Crippen LogP contribution in [0.25, 0.3) is 0 Å². The molecular formula is C10H16N2O. The van der Waals surface area contributed by atoms with Crippen molar-refractivity contribution >= 4 is 5.91 Å². The molecule has 3 unspecified atom stereocenters. The Bertz CT molecular complexity index is 232. The fourth-order valence-electron chi connectivity index (χ4n) is 1.58. The van der Waals surface area contributed by atoms with E-state index in [0.29, 0.717) is 0 Å². The lowest BCUT2D eigenvalue weighted by Gasteiger charge is -2.16. The van der Waals surface area contributed by atoms with Gasteiger partial charge in [0.05, 0.1) is 12.0 Å². The van der Waals surface area contributed by atoms with Gasteiger partial charge in [-0.25, -0.2) is 0 Å². The lowest BCUT2D eigenvalue weighted by atomic mass is 10.0. The highest BCUT2D eigenvalue weighted by molar-refractivity contribution is 5.80. The molecule has 3 heteroatoms. The molecular weight excluding hydrogens is 164 g/mol. The normalized spacial score (nSPS) is 29.3. The van der Waals surface area contributed by atoms with E-state index in [1.54, 1.807) is 0 Å². The summed E-state index contributed by atoms with van der Waals surface area (Å²) in [5, 5.41) is 6.02. The second-order valence-corrected chi connectivity index (χ2v) is 3.53. The lowest BCUT2D eigenvalue weighted by molar-refractivity contribution is -0.125. The van der Waals surface area contributed by atoms with Crippen LogP contribution in [0.2, 0.25) is 0 Å². The zero-order valence-corrected chi connectivity index (χ0v) is 8.13. The Morgan fingerprint density at radius 1 is 1.77 bits per heavy atom. The zero-order valence-electron chi connectivity index (χ0n) is 8.13. The van der Waals surface area contributed by atoms with Gasteiger partial charge in [0.1, 0.15) is 0 Å². The highest BCUT2D eigenvalue weighted by Crippen LogP contribution is 2.14. The van der Waals surface area contributed by atoms with Gasteiger partial charge in [-0.15, -0.1) is 6.42 Å². The van der Waals surface area contributed by atoms with Crippen LogP contribution in [0.4, 0.5) is 0 Å². The van der Waals surface area contributed by atoms with E-state index in [1.807, 2.05) is 13.8 Å². The highest BCUT2D eigenvalue weighted by atomic mass is 16.2. The molecule has 13 heavy (non-hydrogen) atoms. The lowest BCUT2D eigenvalue weighted by Crippen LogP contribution is -2.40. The first-order valence-electron chi connectivity index (χ1n) is 4.65. The summed E-state index contributed by atoms with van der Waals surface area (Å²) >= 11 is 0. The van der Waals surface area contributed by atoms with Crippen molar-refractivity contribution in [3.8, 4) is 12.3 Å². The number of rotatable bonds is 2. The first kappa shape index (κ1) is 10.1. The smallest absolute Gasteiger partial charge is 0.225 e. The molecule has 0 aromatic rings. The maximum atomic E-state index is 11.6. The molecule has 72 valence electrons. The molecule has 1 aliphatic rings. The van der Waals surface area contributed by atoms with Gasteiger partial charge in [-0.3, -0.25) is 4.79 Å². The van der Waals surface area contributed by atoms with Crippen molar-refractivity contribution in [2.75, 3.05) is 6.54 Å². The van der Waals surface area contributed by atoms with E-state index in [1.165, 1.54) is 0 Å². The van der Waals surface area contributed by atoms with Crippen LogP contribution in [0.15, 0.2) is 0 Å². The van der Waals surface area contributed by atoms with Gasteiger partial charge in [0.15, 0.2) is 0 Å². The van der Waals surface area contributed by atoms with Gasteiger partial charge in [-0.1, -0.05) is 5.92 Å². The summed E-state index contributed by atoms with van der Waals surface area (Å²) in [4.78, 5) is 11.6. The number of carbonyl (C=O) groups excluding carboxylic acids is 1. The van der Waals surface area contributed by atoms with Crippen molar-refractivity contribution in [3.05, 3.63) is 0 Å². The van der Waals surface area contributed by atoms with Crippen LogP contribution in [0.3, 0.4) is 0 Å². The maximum absolute atomic E-state index is 11.6. The van der Waals surface area contributed by atoms with Gasteiger partial charge in [0, 0.05) is 6.04 Å². The number of nitrogens with one attached hydrogen (secondary N) is 2. The van der Waals surface area contributed by atoms with Crippen molar-refractivity contribution in [2.24, 2.45) is 5.92 Å². The standard InChI is InChI=1S/C10H16N2O/c1-4-7(2)12-10(13)9-5-6-11-8(9)3/h1,7-9,11H,5-6H2,2-3H3,(H,12,13). The van der Waals surface area contributed by atoms with E-state index in [4.69, 9.17) is 6.42 Å². The zero-order chi connectivity index (χ0) is 9.84. The monoisotopic (exact) mass is 180 g/mol. The molecule has 1 heterocycles. The predicted octanol–water partition coefficient (Wildman–Crippen LogP) is 0.122. The average molecular weight is 180 g/mol. The summed E-state index contributed by atoms with van der Waals surface area (Å²) < 4.78 is 0. The Balaban J connectivity index is 2.44. The molecule has 0 aliphatic carbocycles. The minimum Gasteiger partial charge on any atom is -0.342 e. The summed E-state index contributed by atoms with van der Waals surface area (Å²) in [5.74, 6) is 2.63. The van der Waals surface area contributed by atoms with Crippen LogP contribution in [-0.4, -0.2) is 24.5 Å². The second kappa shape index (κ2) is 4.29. The van der Waals surface area contributed by atoms with E-state index in [9.17, 15) is 4.79 Å². The Kier molecular flexibility index (Phi) is 3.32. The first-order valence-corrected chi connectivity index (χ1v) is 4.65. The molecule has 1 rings (SSSR count). The van der Waals surface area contributed by atoms with Crippen LogP contribution < -0.4 is 10.6 Å². The molecule has 0 bridgehead atoms. The molecule has 0 spiro atoms. The third-order valence-corrected chi connectivity index (χ3v) is 2.47. The predicted molar refractivity (Wildman–Crippen MR) is 52.0 cm³/mol. The molecule has 0 saturated carbocycles. The van der Waals surface area contributed by atoms with Crippen LogP contribution in [0.1, 0.15) is 20.3 Å². The van der Waals surface area contributed by atoms with Gasteiger partial charge < -0.3 is 10.6 Å². The van der Waals surface area contributed by atoms with Crippen molar-refractivity contribution < 1.29 is 4.79 Å². The Morgan fingerprint density at radius 2 is 2.46 bits per heavy atom. The Labute approximate surface area is 79.3 Å². The van der Waals surface area contributed by atoms with E-state index >= 15 is 0 Å². The van der Waals surface area contributed by atoms with Crippen LogP contribution >= 0.6 is 0 Å². The second-order valence-electron chi connectivity index (χ2n) is 3.53. The SMILES string of the molecule is C#CC(C)NC(=O)C1CCNC1C. The van der Waals surface area contributed by atoms with E-state index < -0.39 is 0 Å². The molecule has 2 N–H and O–H groups in total. The van der Waals surface area contributed by atoms with Gasteiger partial charge >= 0.3 is 0 Å². The van der Waals surface area contributed by atoms with Gasteiger partial charge in [-0.05, 0) is 26.8 Å². The Hall–Kier alpha value is -1.01. The molecule has 1 aliphatic heterocycles. The molecule has 1 amide bonds. The summed E-state index contributed by atoms with van der Waals surface area (Å²) in [5.41, 5.74) is 0. The number of carbonyl (C=O) groups is 1. The fourth-order valence-corrected chi connectivity index (χ4v) is 1.58. The van der Waals surface area contributed by atoms with Gasteiger partial charge in [0.2, 0.25) is 5.91 Å². The third kappa shape index (κ3) is 2.46. The van der Waals surface area contributed by atoms with E-state index in [0.717, 1.165) is 13.0 Å². The highest BCUT2D eigenvalue weighted by Gasteiger charge is 2.29. The molecule has 0 aromatic carbocycles. The van der Waals surface area contributed by atoms with Crippen LogP contribution in [-0.2, 0) is 4.79 Å². The van der Waals surface area contributed by atoms with Crippen LogP contribution in [0, 0.1) is 18.3 Å². The Morgan fingerprint density at radius 3 is 2.92 bits per heavy atom. The summed E-state index contributed by atoms with van der Waals surface area (Å²) in [6.07, 6.45) is 6.08. The van der Waals surface area contributed by atoms with Crippen molar-refractivity contribution in [3.63, 3.8) is 0 Å². The summed E-state index contributed by atoms with van der Waals surface area (Å²) in [6, 6.07) is 0.102. The largest absolute Gasteiger partial charge is 0.342 e. The maximum Gasteiger partial charge on any atom is 0.225 e. The third-order valence-electron chi connectivity index (χ3n) is 2.47. The molecule has 0 aromatic heterocycles. The van der Waals surface area contributed by atoms with Crippen molar-refractivity contribution in [2.45, 2.75) is 32.4 Å². The topological polar surface area (TPSA) is 41.1 Å². The van der Waals surface area contributed by atoms with E-state index in [2.05, 4.69) is 16.6 Å². The quantitative estimate of drug-likeness (QED) is 0.593. The molecule has 3 atom stereocenters.